The minimum atomic E-state index is -0.242. The SMILES string of the molecule is Cc1ccsc1C(N)CC(=O)N(C)N. The molecule has 0 aliphatic heterocycles. The number of rotatable bonds is 3. The van der Waals surface area contributed by atoms with Crippen molar-refractivity contribution in [2.45, 2.75) is 19.4 Å². The molecule has 0 saturated carbocycles. The molecule has 1 rings (SSSR count). The van der Waals surface area contributed by atoms with Crippen molar-refractivity contribution in [3.63, 3.8) is 0 Å². The second kappa shape index (κ2) is 4.54. The van der Waals surface area contributed by atoms with Crippen molar-refractivity contribution < 1.29 is 4.79 Å². The summed E-state index contributed by atoms with van der Waals surface area (Å²) < 4.78 is 0. The molecule has 14 heavy (non-hydrogen) atoms. The lowest BCUT2D eigenvalue weighted by Gasteiger charge is -2.14. The average molecular weight is 213 g/mol. The van der Waals surface area contributed by atoms with Crippen LogP contribution in [0.3, 0.4) is 0 Å². The quantitative estimate of drug-likeness (QED) is 0.443. The van der Waals surface area contributed by atoms with Gasteiger partial charge in [-0.2, -0.15) is 0 Å². The lowest BCUT2D eigenvalue weighted by atomic mass is 10.1. The zero-order valence-corrected chi connectivity index (χ0v) is 9.17. The molecule has 0 aromatic carbocycles. The molecule has 5 heteroatoms. The molecule has 0 radical (unpaired) electrons. The van der Waals surface area contributed by atoms with Crippen LogP contribution in [0.15, 0.2) is 11.4 Å². The summed E-state index contributed by atoms with van der Waals surface area (Å²) in [6, 6.07) is 1.75. The fraction of sp³-hybridized carbons (Fsp3) is 0.444. The van der Waals surface area contributed by atoms with Gasteiger partial charge in [0.05, 0.1) is 0 Å². The van der Waals surface area contributed by atoms with Crippen LogP contribution in [-0.4, -0.2) is 18.0 Å². The Hall–Kier alpha value is -0.910. The topological polar surface area (TPSA) is 72.4 Å². The molecule has 1 heterocycles. The summed E-state index contributed by atoms with van der Waals surface area (Å²) in [6.07, 6.45) is 0.258. The van der Waals surface area contributed by atoms with Gasteiger partial charge in [-0.15, -0.1) is 11.3 Å². The minimum Gasteiger partial charge on any atom is -0.323 e. The van der Waals surface area contributed by atoms with Crippen LogP contribution in [0.2, 0.25) is 0 Å². The molecule has 1 atom stereocenters. The summed E-state index contributed by atoms with van der Waals surface area (Å²) in [6.45, 7) is 1.99. The fourth-order valence-electron chi connectivity index (χ4n) is 1.19. The Bertz CT molecular complexity index is 322. The molecule has 1 aromatic rings. The van der Waals surface area contributed by atoms with Gasteiger partial charge in [-0.1, -0.05) is 0 Å². The second-order valence-electron chi connectivity index (χ2n) is 3.28. The number of carbonyl (C=O) groups is 1. The molecule has 0 fully saturated rings. The standard InChI is InChI=1S/C9H15N3OS/c1-6-3-4-14-9(6)7(10)5-8(13)12(2)11/h3-4,7H,5,10-11H2,1-2H3. The van der Waals surface area contributed by atoms with E-state index in [1.165, 1.54) is 7.05 Å². The zero-order valence-electron chi connectivity index (χ0n) is 8.36. The maximum absolute atomic E-state index is 11.3. The van der Waals surface area contributed by atoms with Gasteiger partial charge in [0.25, 0.3) is 0 Å². The van der Waals surface area contributed by atoms with Crippen molar-refractivity contribution in [1.29, 1.82) is 0 Å². The Morgan fingerprint density at radius 2 is 2.36 bits per heavy atom. The Morgan fingerprint density at radius 3 is 2.79 bits per heavy atom. The third-order valence-electron chi connectivity index (χ3n) is 2.03. The van der Waals surface area contributed by atoms with E-state index in [0.717, 1.165) is 15.4 Å². The minimum absolute atomic E-state index is 0.148. The van der Waals surface area contributed by atoms with Gasteiger partial charge in [0.1, 0.15) is 0 Å². The summed E-state index contributed by atoms with van der Waals surface area (Å²) in [5.41, 5.74) is 7.02. The number of hydrogen-bond donors (Lipinski definition) is 2. The van der Waals surface area contributed by atoms with Crippen LogP contribution in [0.4, 0.5) is 0 Å². The van der Waals surface area contributed by atoms with Crippen LogP contribution < -0.4 is 11.6 Å². The Kier molecular flexibility index (Phi) is 3.62. The van der Waals surface area contributed by atoms with Crippen LogP contribution in [0.1, 0.15) is 22.9 Å². The van der Waals surface area contributed by atoms with Crippen molar-refractivity contribution >= 4 is 17.2 Å². The van der Waals surface area contributed by atoms with E-state index in [-0.39, 0.29) is 18.4 Å². The van der Waals surface area contributed by atoms with E-state index in [1.54, 1.807) is 11.3 Å². The van der Waals surface area contributed by atoms with E-state index >= 15 is 0 Å². The number of carbonyl (C=O) groups excluding carboxylic acids is 1. The first-order valence-corrected chi connectivity index (χ1v) is 5.21. The third kappa shape index (κ3) is 2.54. The van der Waals surface area contributed by atoms with Crippen LogP contribution in [0.25, 0.3) is 0 Å². The molecular formula is C9H15N3OS. The highest BCUT2D eigenvalue weighted by Gasteiger charge is 2.15. The van der Waals surface area contributed by atoms with Gasteiger partial charge in [-0.25, -0.2) is 5.84 Å². The van der Waals surface area contributed by atoms with E-state index in [2.05, 4.69) is 0 Å². The molecule has 0 saturated heterocycles. The van der Waals surface area contributed by atoms with Crippen LogP contribution in [0, 0.1) is 6.92 Å². The molecule has 0 aliphatic rings. The molecule has 1 aromatic heterocycles. The number of hydrogen-bond acceptors (Lipinski definition) is 4. The number of thiophene rings is 1. The summed E-state index contributed by atoms with van der Waals surface area (Å²) in [4.78, 5) is 12.3. The summed E-state index contributed by atoms with van der Waals surface area (Å²) in [7, 11) is 1.52. The largest absolute Gasteiger partial charge is 0.323 e. The lowest BCUT2D eigenvalue weighted by Crippen LogP contribution is -2.35. The Balaban J connectivity index is 2.64. The van der Waals surface area contributed by atoms with E-state index in [9.17, 15) is 4.79 Å². The van der Waals surface area contributed by atoms with Gasteiger partial charge in [-0.05, 0) is 23.9 Å². The van der Waals surface area contributed by atoms with E-state index in [0.29, 0.717) is 0 Å². The van der Waals surface area contributed by atoms with Crippen molar-refractivity contribution in [1.82, 2.24) is 5.01 Å². The maximum atomic E-state index is 11.3. The first-order valence-electron chi connectivity index (χ1n) is 4.33. The summed E-state index contributed by atoms with van der Waals surface area (Å²) in [5, 5.41) is 3.05. The second-order valence-corrected chi connectivity index (χ2v) is 4.23. The molecule has 1 amide bonds. The Labute approximate surface area is 87.5 Å². The van der Waals surface area contributed by atoms with Gasteiger partial charge < -0.3 is 5.73 Å². The van der Waals surface area contributed by atoms with Gasteiger partial charge >= 0.3 is 0 Å². The lowest BCUT2D eigenvalue weighted by molar-refractivity contribution is -0.130. The normalized spacial score (nSPS) is 12.6. The summed E-state index contributed by atoms with van der Waals surface area (Å²) >= 11 is 1.57. The monoisotopic (exact) mass is 213 g/mol. The van der Waals surface area contributed by atoms with Gasteiger partial charge in [0.2, 0.25) is 5.91 Å². The highest BCUT2D eigenvalue weighted by atomic mass is 32.1. The van der Waals surface area contributed by atoms with Gasteiger partial charge in [-0.3, -0.25) is 9.80 Å². The molecule has 0 aliphatic carbocycles. The molecule has 78 valence electrons. The van der Waals surface area contributed by atoms with Crippen LogP contribution in [-0.2, 0) is 4.79 Å². The van der Waals surface area contributed by atoms with Crippen LogP contribution >= 0.6 is 11.3 Å². The van der Waals surface area contributed by atoms with E-state index in [1.807, 2.05) is 18.4 Å². The van der Waals surface area contributed by atoms with Gasteiger partial charge in [0, 0.05) is 24.4 Å². The van der Waals surface area contributed by atoms with Crippen LogP contribution in [0.5, 0.6) is 0 Å². The molecule has 1 unspecified atom stereocenters. The van der Waals surface area contributed by atoms with Crippen molar-refractivity contribution in [3.8, 4) is 0 Å². The highest BCUT2D eigenvalue weighted by Crippen LogP contribution is 2.24. The molecule has 0 bridgehead atoms. The smallest absolute Gasteiger partial charge is 0.238 e. The van der Waals surface area contributed by atoms with E-state index in [4.69, 9.17) is 11.6 Å². The predicted octanol–water partition coefficient (Wildman–Crippen LogP) is 0.779. The zero-order chi connectivity index (χ0) is 10.7. The maximum Gasteiger partial charge on any atom is 0.238 e. The van der Waals surface area contributed by atoms with Gasteiger partial charge in [0.15, 0.2) is 0 Å². The molecule has 4 N–H and O–H groups in total. The summed E-state index contributed by atoms with van der Waals surface area (Å²) in [5.74, 6) is 5.16. The van der Waals surface area contributed by atoms with Crippen molar-refractivity contribution in [2.24, 2.45) is 11.6 Å². The Morgan fingerprint density at radius 1 is 1.71 bits per heavy atom. The first-order chi connectivity index (χ1) is 6.52. The van der Waals surface area contributed by atoms with Crippen molar-refractivity contribution in [3.05, 3.63) is 21.9 Å². The highest BCUT2D eigenvalue weighted by molar-refractivity contribution is 7.10. The fourth-order valence-corrected chi connectivity index (χ4v) is 2.12. The number of amides is 1. The third-order valence-corrected chi connectivity index (χ3v) is 3.18. The van der Waals surface area contributed by atoms with E-state index < -0.39 is 0 Å². The molecular weight excluding hydrogens is 198 g/mol. The molecule has 0 spiro atoms. The number of aryl methyl sites for hydroxylation is 1. The number of nitrogens with zero attached hydrogens (tertiary/aromatic N) is 1. The number of hydrazine groups is 1. The van der Waals surface area contributed by atoms with Crippen molar-refractivity contribution in [2.75, 3.05) is 7.05 Å². The number of nitrogens with two attached hydrogens (primary N) is 2. The molecule has 4 nitrogen and oxygen atoms in total. The predicted molar refractivity (Wildman–Crippen MR) is 57.6 cm³/mol. The first kappa shape index (κ1) is 11.2. The average Bonchev–Trinajstić information content (AvgIpc) is 2.51.